The first kappa shape index (κ1) is 10.5. The first-order chi connectivity index (χ1) is 8.36. The predicted molar refractivity (Wildman–Crippen MR) is 68.7 cm³/mol. The first-order valence-electron chi connectivity index (χ1n) is 6.23. The number of imidazole rings is 1. The van der Waals surface area contributed by atoms with Crippen molar-refractivity contribution in [1.29, 1.82) is 0 Å². The van der Waals surface area contributed by atoms with Crippen LogP contribution in [0.15, 0.2) is 30.5 Å². The van der Waals surface area contributed by atoms with Crippen LogP contribution in [-0.2, 0) is 19.5 Å². The Hall–Kier alpha value is -1.61. The summed E-state index contributed by atoms with van der Waals surface area (Å²) in [6, 6.07) is 8.71. The van der Waals surface area contributed by atoms with E-state index in [1.807, 2.05) is 0 Å². The van der Waals surface area contributed by atoms with Gasteiger partial charge in [0.05, 0.1) is 12.2 Å². The van der Waals surface area contributed by atoms with Gasteiger partial charge in [-0.2, -0.15) is 0 Å². The van der Waals surface area contributed by atoms with E-state index in [1.54, 1.807) is 0 Å². The number of nitrogens with zero attached hydrogens (tertiary/aromatic N) is 2. The zero-order chi connectivity index (χ0) is 11.7. The number of aryl methyl sites for hydroxylation is 1. The summed E-state index contributed by atoms with van der Waals surface area (Å²) in [6.45, 7) is 5.12. The van der Waals surface area contributed by atoms with Crippen molar-refractivity contribution >= 4 is 0 Å². The summed E-state index contributed by atoms with van der Waals surface area (Å²) in [4.78, 5) is 4.68. The fraction of sp³-hybridized carbons (Fsp3) is 0.357. The van der Waals surface area contributed by atoms with Crippen LogP contribution >= 0.6 is 0 Å². The molecule has 1 N–H and O–H groups in total. The van der Waals surface area contributed by atoms with Crippen molar-refractivity contribution < 1.29 is 0 Å². The SMILES string of the molecule is CCc1ccc(-c2cn3c(n2)CNCC3)cc1. The molecule has 0 saturated carbocycles. The summed E-state index contributed by atoms with van der Waals surface area (Å²) in [5, 5.41) is 3.34. The Bertz CT molecular complexity index is 487. The van der Waals surface area contributed by atoms with E-state index in [9.17, 15) is 0 Å². The Balaban J connectivity index is 1.94. The first-order valence-corrected chi connectivity index (χ1v) is 6.23. The molecule has 0 spiro atoms. The van der Waals surface area contributed by atoms with E-state index >= 15 is 0 Å². The van der Waals surface area contributed by atoms with Crippen molar-refractivity contribution in [2.24, 2.45) is 0 Å². The molecule has 1 aromatic heterocycles. The molecule has 2 heterocycles. The molecular weight excluding hydrogens is 210 g/mol. The van der Waals surface area contributed by atoms with E-state index < -0.39 is 0 Å². The number of rotatable bonds is 2. The summed E-state index contributed by atoms with van der Waals surface area (Å²) < 4.78 is 2.25. The van der Waals surface area contributed by atoms with E-state index in [0.29, 0.717) is 0 Å². The fourth-order valence-electron chi connectivity index (χ4n) is 2.24. The number of nitrogens with one attached hydrogen (secondary N) is 1. The van der Waals surface area contributed by atoms with Crippen LogP contribution in [0, 0.1) is 0 Å². The molecule has 1 aliphatic rings. The number of fused-ring (bicyclic) bond motifs is 1. The highest BCUT2D eigenvalue weighted by Crippen LogP contribution is 2.20. The van der Waals surface area contributed by atoms with Crippen molar-refractivity contribution in [3.8, 4) is 11.3 Å². The van der Waals surface area contributed by atoms with Crippen LogP contribution in [0.25, 0.3) is 11.3 Å². The molecular formula is C14H17N3. The Morgan fingerprint density at radius 1 is 1.29 bits per heavy atom. The quantitative estimate of drug-likeness (QED) is 0.852. The van der Waals surface area contributed by atoms with Crippen molar-refractivity contribution in [2.45, 2.75) is 26.4 Å². The van der Waals surface area contributed by atoms with Crippen LogP contribution in [0.4, 0.5) is 0 Å². The number of hydrogen-bond acceptors (Lipinski definition) is 2. The summed E-state index contributed by atoms with van der Waals surface area (Å²) in [7, 11) is 0. The molecule has 0 amide bonds. The van der Waals surface area contributed by atoms with Gasteiger partial charge >= 0.3 is 0 Å². The van der Waals surface area contributed by atoms with Gasteiger partial charge in [-0.25, -0.2) is 4.98 Å². The van der Waals surface area contributed by atoms with Crippen LogP contribution in [0.2, 0.25) is 0 Å². The third-order valence-corrected chi connectivity index (χ3v) is 3.33. The third kappa shape index (κ3) is 1.98. The van der Waals surface area contributed by atoms with Crippen LogP contribution in [0.3, 0.4) is 0 Å². The van der Waals surface area contributed by atoms with E-state index in [-0.39, 0.29) is 0 Å². The number of aromatic nitrogens is 2. The molecule has 1 aliphatic heterocycles. The lowest BCUT2D eigenvalue weighted by molar-refractivity contribution is 0.505. The van der Waals surface area contributed by atoms with Gasteiger partial charge < -0.3 is 9.88 Å². The summed E-state index contributed by atoms with van der Waals surface area (Å²) in [5.41, 5.74) is 3.68. The minimum absolute atomic E-state index is 0.882. The zero-order valence-electron chi connectivity index (χ0n) is 10.1. The molecule has 3 rings (SSSR count). The maximum absolute atomic E-state index is 4.68. The number of benzene rings is 1. The molecule has 0 radical (unpaired) electrons. The maximum atomic E-state index is 4.68. The monoisotopic (exact) mass is 227 g/mol. The fourth-order valence-corrected chi connectivity index (χ4v) is 2.24. The molecule has 0 bridgehead atoms. The van der Waals surface area contributed by atoms with E-state index in [4.69, 9.17) is 0 Å². The highest BCUT2D eigenvalue weighted by Gasteiger charge is 2.12. The van der Waals surface area contributed by atoms with Crippen LogP contribution in [0.1, 0.15) is 18.3 Å². The Kier molecular flexibility index (Phi) is 2.69. The molecule has 88 valence electrons. The standard InChI is InChI=1S/C14H17N3/c1-2-11-3-5-12(6-4-11)13-10-17-8-7-15-9-14(17)16-13/h3-6,10,15H,2,7-9H2,1H3. The normalized spacial score (nSPS) is 14.6. The van der Waals surface area contributed by atoms with Crippen LogP contribution < -0.4 is 5.32 Å². The minimum atomic E-state index is 0.882. The Labute approximate surface area is 101 Å². The van der Waals surface area contributed by atoms with Gasteiger partial charge in [-0.1, -0.05) is 31.2 Å². The second-order valence-electron chi connectivity index (χ2n) is 4.46. The molecule has 0 unspecified atom stereocenters. The molecule has 17 heavy (non-hydrogen) atoms. The molecule has 3 nitrogen and oxygen atoms in total. The second-order valence-corrected chi connectivity index (χ2v) is 4.46. The van der Waals surface area contributed by atoms with Gasteiger partial charge in [0.2, 0.25) is 0 Å². The Morgan fingerprint density at radius 3 is 2.82 bits per heavy atom. The molecule has 0 saturated heterocycles. The van der Waals surface area contributed by atoms with Crippen molar-refractivity contribution in [2.75, 3.05) is 6.54 Å². The van der Waals surface area contributed by atoms with Crippen molar-refractivity contribution in [3.63, 3.8) is 0 Å². The Morgan fingerprint density at radius 2 is 2.12 bits per heavy atom. The van der Waals surface area contributed by atoms with Gasteiger partial charge in [0.25, 0.3) is 0 Å². The third-order valence-electron chi connectivity index (χ3n) is 3.33. The summed E-state index contributed by atoms with van der Waals surface area (Å²) in [5.74, 6) is 1.14. The van der Waals surface area contributed by atoms with Gasteiger partial charge in [0.1, 0.15) is 5.82 Å². The molecule has 0 atom stereocenters. The lowest BCUT2D eigenvalue weighted by Gasteiger charge is -2.13. The largest absolute Gasteiger partial charge is 0.332 e. The average Bonchev–Trinajstić information content (AvgIpc) is 2.82. The van der Waals surface area contributed by atoms with Gasteiger partial charge in [0.15, 0.2) is 0 Å². The lowest BCUT2D eigenvalue weighted by atomic mass is 10.1. The molecule has 0 aliphatic carbocycles. The minimum Gasteiger partial charge on any atom is -0.332 e. The predicted octanol–water partition coefficient (Wildman–Crippen LogP) is 2.22. The summed E-state index contributed by atoms with van der Waals surface area (Å²) in [6.07, 6.45) is 3.25. The number of hydrogen-bond donors (Lipinski definition) is 1. The van der Waals surface area contributed by atoms with Crippen molar-refractivity contribution in [1.82, 2.24) is 14.9 Å². The highest BCUT2D eigenvalue weighted by molar-refractivity contribution is 5.59. The molecule has 3 heteroatoms. The van der Waals surface area contributed by atoms with Gasteiger partial charge in [-0.05, 0) is 12.0 Å². The van der Waals surface area contributed by atoms with Gasteiger partial charge in [-0.15, -0.1) is 0 Å². The van der Waals surface area contributed by atoms with E-state index in [1.165, 1.54) is 11.1 Å². The van der Waals surface area contributed by atoms with Gasteiger partial charge in [0, 0.05) is 24.8 Å². The van der Waals surface area contributed by atoms with Crippen LogP contribution in [0.5, 0.6) is 0 Å². The second kappa shape index (κ2) is 4.34. The molecule has 0 fully saturated rings. The molecule has 1 aromatic carbocycles. The summed E-state index contributed by atoms with van der Waals surface area (Å²) >= 11 is 0. The van der Waals surface area contributed by atoms with Crippen molar-refractivity contribution in [3.05, 3.63) is 41.9 Å². The average molecular weight is 227 g/mol. The topological polar surface area (TPSA) is 29.9 Å². The van der Waals surface area contributed by atoms with Crippen LogP contribution in [-0.4, -0.2) is 16.1 Å². The molecule has 2 aromatic rings. The van der Waals surface area contributed by atoms with E-state index in [2.05, 4.69) is 52.3 Å². The lowest BCUT2D eigenvalue weighted by Crippen LogP contribution is -2.27. The maximum Gasteiger partial charge on any atom is 0.123 e. The smallest absolute Gasteiger partial charge is 0.123 e. The highest BCUT2D eigenvalue weighted by atomic mass is 15.1. The van der Waals surface area contributed by atoms with Gasteiger partial charge in [-0.3, -0.25) is 0 Å². The zero-order valence-corrected chi connectivity index (χ0v) is 10.1. The van der Waals surface area contributed by atoms with E-state index in [0.717, 1.165) is 37.6 Å².